The molecule has 2 aromatic carbocycles. The molecule has 0 radical (unpaired) electrons. The summed E-state index contributed by atoms with van der Waals surface area (Å²) in [4.78, 5) is 10.7. The van der Waals surface area contributed by atoms with Crippen molar-refractivity contribution >= 4 is 27.8 Å². The van der Waals surface area contributed by atoms with Crippen molar-refractivity contribution in [2.45, 2.75) is 6.92 Å². The van der Waals surface area contributed by atoms with Crippen LogP contribution in [0, 0.1) is 17.0 Å². The molecule has 0 aliphatic heterocycles. The highest BCUT2D eigenvalue weighted by Crippen LogP contribution is 2.37. The summed E-state index contributed by atoms with van der Waals surface area (Å²) in [7, 11) is 0. The fourth-order valence-corrected chi connectivity index (χ4v) is 2.60. The lowest BCUT2D eigenvalue weighted by molar-refractivity contribution is -0.383. The van der Waals surface area contributed by atoms with E-state index in [1.807, 2.05) is 31.2 Å². The molecule has 6 nitrogen and oxygen atoms in total. The number of hydrogen-bond donors (Lipinski definition) is 1. The van der Waals surface area contributed by atoms with Crippen molar-refractivity contribution in [3.8, 4) is 11.3 Å². The van der Waals surface area contributed by atoms with Crippen molar-refractivity contribution in [1.82, 2.24) is 10.2 Å². The second kappa shape index (κ2) is 4.42. The molecule has 1 N–H and O–H groups in total. The molecule has 0 saturated carbocycles. The summed E-state index contributed by atoms with van der Waals surface area (Å²) in [5.41, 5.74) is 4.14. The third-order valence-corrected chi connectivity index (χ3v) is 3.71. The van der Waals surface area contributed by atoms with Gasteiger partial charge in [-0.15, -0.1) is 0 Å². The zero-order valence-corrected chi connectivity index (χ0v) is 11.7. The number of nitro groups is 1. The number of non-ortho nitro benzene ring substituents is 1. The number of nitro benzene ring substituents is 1. The van der Waals surface area contributed by atoms with Crippen molar-refractivity contribution in [2.24, 2.45) is 0 Å². The minimum Gasteiger partial charge on any atom is -0.445 e. The maximum atomic E-state index is 11.1. The van der Waals surface area contributed by atoms with E-state index in [0.717, 1.165) is 11.1 Å². The number of rotatable bonds is 2. The Hall–Kier alpha value is -3.15. The Balaban J connectivity index is 2.03. The van der Waals surface area contributed by atoms with Gasteiger partial charge in [-0.3, -0.25) is 15.2 Å². The summed E-state index contributed by atoms with van der Waals surface area (Å²) in [6.07, 6.45) is 0. The average Bonchev–Trinajstić information content (AvgIpc) is 3.06. The molecular weight excluding hydrogens is 282 g/mol. The summed E-state index contributed by atoms with van der Waals surface area (Å²) in [6, 6.07) is 12.7. The lowest BCUT2D eigenvalue weighted by atomic mass is 10.1. The largest absolute Gasteiger partial charge is 0.445 e. The van der Waals surface area contributed by atoms with E-state index in [1.165, 1.54) is 6.07 Å². The van der Waals surface area contributed by atoms with Gasteiger partial charge in [-0.05, 0) is 13.0 Å². The van der Waals surface area contributed by atoms with Gasteiger partial charge in [-0.25, -0.2) is 0 Å². The first-order valence-corrected chi connectivity index (χ1v) is 6.76. The van der Waals surface area contributed by atoms with E-state index in [-0.39, 0.29) is 11.3 Å². The number of hydrogen-bond acceptors (Lipinski definition) is 4. The van der Waals surface area contributed by atoms with Crippen molar-refractivity contribution in [1.29, 1.82) is 0 Å². The van der Waals surface area contributed by atoms with Crippen LogP contribution in [0.15, 0.2) is 46.9 Å². The standard InChI is InChI=1S/C16H11N3O3/c1-9-5-7-10(8-6-9)13-16-14(18-17-13)11-3-2-4-12(19(20)21)15(11)22-16/h2-8H,1H3,(H,17,18). The van der Waals surface area contributed by atoms with E-state index in [1.54, 1.807) is 12.1 Å². The number of para-hydroxylation sites is 1. The molecule has 4 rings (SSSR count). The Morgan fingerprint density at radius 1 is 1.14 bits per heavy atom. The number of aromatic amines is 1. The molecule has 6 heteroatoms. The van der Waals surface area contributed by atoms with E-state index in [4.69, 9.17) is 4.42 Å². The van der Waals surface area contributed by atoms with E-state index in [9.17, 15) is 10.1 Å². The van der Waals surface area contributed by atoms with Crippen LogP contribution in [0.3, 0.4) is 0 Å². The van der Waals surface area contributed by atoms with Gasteiger partial charge in [0.2, 0.25) is 5.58 Å². The minimum absolute atomic E-state index is 0.0445. The van der Waals surface area contributed by atoms with Crippen LogP contribution in [-0.2, 0) is 0 Å². The third kappa shape index (κ3) is 1.70. The Morgan fingerprint density at radius 3 is 2.64 bits per heavy atom. The van der Waals surface area contributed by atoms with Crippen LogP contribution in [0.4, 0.5) is 5.69 Å². The highest BCUT2D eigenvalue weighted by molar-refractivity contribution is 6.09. The van der Waals surface area contributed by atoms with Crippen LogP contribution in [0.2, 0.25) is 0 Å². The first-order valence-electron chi connectivity index (χ1n) is 6.76. The highest BCUT2D eigenvalue weighted by atomic mass is 16.6. The van der Waals surface area contributed by atoms with Crippen molar-refractivity contribution in [2.75, 3.05) is 0 Å². The van der Waals surface area contributed by atoms with E-state index >= 15 is 0 Å². The molecule has 0 amide bonds. The summed E-state index contributed by atoms with van der Waals surface area (Å²) >= 11 is 0. The van der Waals surface area contributed by atoms with Gasteiger partial charge in [0.1, 0.15) is 11.2 Å². The normalized spacial score (nSPS) is 11.3. The third-order valence-electron chi connectivity index (χ3n) is 3.71. The number of fused-ring (bicyclic) bond motifs is 3. The predicted molar refractivity (Wildman–Crippen MR) is 82.7 cm³/mol. The van der Waals surface area contributed by atoms with Crippen LogP contribution in [0.1, 0.15) is 5.56 Å². The van der Waals surface area contributed by atoms with Crippen LogP contribution in [-0.4, -0.2) is 15.1 Å². The molecule has 4 aromatic rings. The Bertz CT molecular complexity index is 1010. The lowest BCUT2D eigenvalue weighted by Gasteiger charge is -1.97. The maximum absolute atomic E-state index is 11.1. The monoisotopic (exact) mass is 293 g/mol. The Labute approximate surface area is 124 Å². The predicted octanol–water partition coefficient (Wildman–Crippen LogP) is 4.19. The number of H-pyrrole nitrogens is 1. The second-order valence-electron chi connectivity index (χ2n) is 5.16. The molecule has 0 spiro atoms. The van der Waals surface area contributed by atoms with Crippen molar-refractivity contribution in [3.05, 3.63) is 58.1 Å². The van der Waals surface area contributed by atoms with Crippen LogP contribution in [0.25, 0.3) is 33.3 Å². The average molecular weight is 293 g/mol. The molecule has 108 valence electrons. The summed E-state index contributed by atoms with van der Waals surface area (Å²) in [5, 5.41) is 19.0. The minimum atomic E-state index is -0.441. The number of nitrogens with one attached hydrogen (secondary N) is 1. The molecule has 0 fully saturated rings. The molecule has 0 bridgehead atoms. The summed E-state index contributed by atoms with van der Waals surface area (Å²) < 4.78 is 5.77. The van der Waals surface area contributed by atoms with Crippen LogP contribution >= 0.6 is 0 Å². The van der Waals surface area contributed by atoms with Gasteiger partial charge in [0, 0.05) is 11.6 Å². The molecular formula is C16H11N3O3. The van der Waals surface area contributed by atoms with Crippen LogP contribution < -0.4 is 0 Å². The maximum Gasteiger partial charge on any atom is 0.312 e. The smallest absolute Gasteiger partial charge is 0.312 e. The lowest BCUT2D eigenvalue weighted by Crippen LogP contribution is -1.87. The molecule has 2 heterocycles. The molecule has 22 heavy (non-hydrogen) atoms. The van der Waals surface area contributed by atoms with Gasteiger partial charge in [0.05, 0.1) is 10.3 Å². The molecule has 2 aromatic heterocycles. The van der Waals surface area contributed by atoms with E-state index in [2.05, 4.69) is 10.2 Å². The zero-order valence-electron chi connectivity index (χ0n) is 11.7. The summed E-state index contributed by atoms with van der Waals surface area (Å²) in [6.45, 7) is 2.01. The fourth-order valence-electron chi connectivity index (χ4n) is 2.60. The summed E-state index contributed by atoms with van der Waals surface area (Å²) in [5.74, 6) is 0. The SMILES string of the molecule is Cc1ccc(-c2n[nH]c3c2oc2c([N+](=O)[O-])cccc23)cc1. The molecule has 0 unspecified atom stereocenters. The number of furan rings is 1. The van der Waals surface area contributed by atoms with Gasteiger partial charge in [0.15, 0.2) is 5.58 Å². The van der Waals surface area contributed by atoms with E-state index < -0.39 is 4.92 Å². The molecule has 0 aliphatic rings. The van der Waals surface area contributed by atoms with Gasteiger partial charge in [-0.1, -0.05) is 35.9 Å². The van der Waals surface area contributed by atoms with Gasteiger partial charge < -0.3 is 4.42 Å². The first kappa shape index (κ1) is 12.6. The highest BCUT2D eigenvalue weighted by Gasteiger charge is 2.21. The van der Waals surface area contributed by atoms with Crippen molar-refractivity contribution < 1.29 is 9.34 Å². The Kier molecular flexibility index (Phi) is 2.53. The number of benzene rings is 2. The molecule has 0 atom stereocenters. The van der Waals surface area contributed by atoms with Gasteiger partial charge >= 0.3 is 5.69 Å². The first-order chi connectivity index (χ1) is 10.6. The topological polar surface area (TPSA) is 85.0 Å². The van der Waals surface area contributed by atoms with E-state index in [0.29, 0.717) is 22.2 Å². The Morgan fingerprint density at radius 2 is 1.91 bits per heavy atom. The number of nitrogens with zero attached hydrogens (tertiary/aromatic N) is 2. The fraction of sp³-hybridized carbons (Fsp3) is 0.0625. The zero-order chi connectivity index (χ0) is 15.3. The number of aryl methyl sites for hydroxylation is 1. The van der Waals surface area contributed by atoms with Gasteiger partial charge in [-0.2, -0.15) is 5.10 Å². The molecule has 0 aliphatic carbocycles. The molecule has 0 saturated heterocycles. The second-order valence-corrected chi connectivity index (χ2v) is 5.16. The van der Waals surface area contributed by atoms with Crippen molar-refractivity contribution in [3.63, 3.8) is 0 Å². The number of aromatic nitrogens is 2. The van der Waals surface area contributed by atoms with Crippen LogP contribution in [0.5, 0.6) is 0 Å². The van der Waals surface area contributed by atoms with Gasteiger partial charge in [0.25, 0.3) is 0 Å². The quantitative estimate of drug-likeness (QED) is 0.443.